The van der Waals surface area contributed by atoms with Gasteiger partial charge in [-0.25, -0.2) is 0 Å². The third kappa shape index (κ3) is 2.51. The largest absolute Gasteiger partial charge is 0.363 e. The standard InChI is InChI=1S/C15H20N2O2/c1-15(7-8-16-10-15)17-14(18)13-12-5-3-2-4-11(12)6-9-19-13/h2-5,13,16H,6-10H2,1H3,(H,17,18). The van der Waals surface area contributed by atoms with Gasteiger partial charge < -0.3 is 15.4 Å². The molecule has 2 aliphatic rings. The Morgan fingerprint density at radius 1 is 1.47 bits per heavy atom. The van der Waals surface area contributed by atoms with Gasteiger partial charge in [0.15, 0.2) is 6.10 Å². The number of hydrogen-bond acceptors (Lipinski definition) is 3. The van der Waals surface area contributed by atoms with Gasteiger partial charge in [-0.2, -0.15) is 0 Å². The van der Waals surface area contributed by atoms with Crippen LogP contribution < -0.4 is 10.6 Å². The van der Waals surface area contributed by atoms with E-state index >= 15 is 0 Å². The molecule has 1 aromatic carbocycles. The molecule has 2 heterocycles. The SMILES string of the molecule is CC1(NC(=O)C2OCCc3ccccc32)CCNC1. The van der Waals surface area contributed by atoms with Crippen LogP contribution in [0.5, 0.6) is 0 Å². The van der Waals surface area contributed by atoms with Crippen LogP contribution in [0.25, 0.3) is 0 Å². The Labute approximate surface area is 113 Å². The molecule has 2 N–H and O–H groups in total. The van der Waals surface area contributed by atoms with Crippen molar-refractivity contribution in [2.75, 3.05) is 19.7 Å². The summed E-state index contributed by atoms with van der Waals surface area (Å²) in [5.41, 5.74) is 2.09. The minimum Gasteiger partial charge on any atom is -0.363 e. The maximum absolute atomic E-state index is 12.5. The molecule has 0 saturated carbocycles. The van der Waals surface area contributed by atoms with Crippen molar-refractivity contribution in [2.45, 2.75) is 31.4 Å². The third-order valence-electron chi connectivity index (χ3n) is 4.03. The first-order valence-corrected chi connectivity index (χ1v) is 6.90. The summed E-state index contributed by atoms with van der Waals surface area (Å²) in [6.45, 7) is 4.48. The Bertz CT molecular complexity index is 481. The minimum absolute atomic E-state index is 0.0154. The summed E-state index contributed by atoms with van der Waals surface area (Å²) in [5.74, 6) is -0.0154. The van der Waals surface area contributed by atoms with Crippen molar-refractivity contribution in [1.29, 1.82) is 0 Å². The van der Waals surface area contributed by atoms with Crippen molar-refractivity contribution < 1.29 is 9.53 Å². The molecular formula is C15H20N2O2. The lowest BCUT2D eigenvalue weighted by Gasteiger charge is -2.30. The van der Waals surface area contributed by atoms with Gasteiger partial charge in [0.05, 0.1) is 12.1 Å². The molecule has 1 saturated heterocycles. The van der Waals surface area contributed by atoms with Crippen LogP contribution in [0.2, 0.25) is 0 Å². The maximum Gasteiger partial charge on any atom is 0.254 e. The van der Waals surface area contributed by atoms with E-state index in [1.807, 2.05) is 18.2 Å². The van der Waals surface area contributed by atoms with Crippen LogP contribution in [0.15, 0.2) is 24.3 Å². The number of amides is 1. The number of ether oxygens (including phenoxy) is 1. The molecule has 2 aliphatic heterocycles. The fourth-order valence-electron chi connectivity index (χ4n) is 2.90. The number of fused-ring (bicyclic) bond motifs is 1. The molecule has 3 rings (SSSR count). The van der Waals surface area contributed by atoms with Gasteiger partial charge in [-0.1, -0.05) is 24.3 Å². The highest BCUT2D eigenvalue weighted by molar-refractivity contribution is 5.83. The molecule has 2 atom stereocenters. The molecule has 1 aromatic rings. The minimum atomic E-state index is -0.456. The molecule has 1 fully saturated rings. The summed E-state index contributed by atoms with van der Waals surface area (Å²) in [6, 6.07) is 8.05. The normalized spacial score (nSPS) is 29.8. The van der Waals surface area contributed by atoms with Crippen LogP contribution in [0.4, 0.5) is 0 Å². The summed E-state index contributed by atoms with van der Waals surface area (Å²) in [7, 11) is 0. The van der Waals surface area contributed by atoms with Gasteiger partial charge in [-0.15, -0.1) is 0 Å². The predicted molar refractivity (Wildman–Crippen MR) is 72.9 cm³/mol. The van der Waals surface area contributed by atoms with E-state index in [1.54, 1.807) is 0 Å². The zero-order valence-electron chi connectivity index (χ0n) is 11.2. The Kier molecular flexibility index (Phi) is 3.29. The van der Waals surface area contributed by atoms with E-state index in [2.05, 4.69) is 23.6 Å². The highest BCUT2D eigenvalue weighted by atomic mass is 16.5. The number of benzene rings is 1. The third-order valence-corrected chi connectivity index (χ3v) is 4.03. The molecule has 0 aromatic heterocycles. The summed E-state index contributed by atoms with van der Waals surface area (Å²) >= 11 is 0. The highest BCUT2D eigenvalue weighted by Gasteiger charge is 2.34. The van der Waals surface area contributed by atoms with Crippen molar-refractivity contribution in [1.82, 2.24) is 10.6 Å². The molecule has 2 unspecified atom stereocenters. The van der Waals surface area contributed by atoms with Gasteiger partial charge in [0, 0.05) is 6.54 Å². The lowest BCUT2D eigenvalue weighted by Crippen LogP contribution is -2.50. The second-order valence-electron chi connectivity index (χ2n) is 5.68. The van der Waals surface area contributed by atoms with E-state index in [-0.39, 0.29) is 11.4 Å². The molecule has 0 spiro atoms. The van der Waals surface area contributed by atoms with E-state index in [0.717, 1.165) is 31.5 Å². The second kappa shape index (κ2) is 4.94. The van der Waals surface area contributed by atoms with Crippen molar-refractivity contribution in [2.24, 2.45) is 0 Å². The van der Waals surface area contributed by atoms with Gasteiger partial charge in [-0.3, -0.25) is 4.79 Å². The first kappa shape index (κ1) is 12.6. The number of hydrogen-bond donors (Lipinski definition) is 2. The molecule has 19 heavy (non-hydrogen) atoms. The van der Waals surface area contributed by atoms with Crippen LogP contribution in [0.3, 0.4) is 0 Å². The molecule has 4 heteroatoms. The summed E-state index contributed by atoms with van der Waals surface area (Å²) in [6.07, 6.45) is 1.40. The van der Waals surface area contributed by atoms with Crippen LogP contribution >= 0.6 is 0 Å². The zero-order valence-corrected chi connectivity index (χ0v) is 11.2. The van der Waals surface area contributed by atoms with Crippen LogP contribution in [-0.2, 0) is 16.0 Å². The second-order valence-corrected chi connectivity index (χ2v) is 5.68. The Balaban J connectivity index is 1.78. The number of carbonyl (C=O) groups excluding carboxylic acids is 1. The summed E-state index contributed by atoms with van der Waals surface area (Å²) < 4.78 is 5.69. The van der Waals surface area contributed by atoms with E-state index in [9.17, 15) is 4.79 Å². The van der Waals surface area contributed by atoms with Gasteiger partial charge in [0.2, 0.25) is 0 Å². The van der Waals surface area contributed by atoms with Gasteiger partial charge in [0.1, 0.15) is 0 Å². The first-order chi connectivity index (χ1) is 9.18. The smallest absolute Gasteiger partial charge is 0.254 e. The fourth-order valence-corrected chi connectivity index (χ4v) is 2.90. The average molecular weight is 260 g/mol. The van der Waals surface area contributed by atoms with Crippen LogP contribution in [0.1, 0.15) is 30.6 Å². The number of nitrogens with one attached hydrogen (secondary N) is 2. The molecule has 0 bridgehead atoms. The zero-order chi connectivity index (χ0) is 13.3. The quantitative estimate of drug-likeness (QED) is 0.839. The Hall–Kier alpha value is -1.39. The van der Waals surface area contributed by atoms with E-state index in [4.69, 9.17) is 4.74 Å². The maximum atomic E-state index is 12.5. The average Bonchev–Trinajstić information content (AvgIpc) is 2.84. The van der Waals surface area contributed by atoms with Crippen molar-refractivity contribution >= 4 is 5.91 Å². The van der Waals surface area contributed by atoms with Gasteiger partial charge in [-0.05, 0) is 37.4 Å². The molecule has 4 nitrogen and oxygen atoms in total. The van der Waals surface area contributed by atoms with Crippen molar-refractivity contribution in [3.8, 4) is 0 Å². The lowest BCUT2D eigenvalue weighted by molar-refractivity contribution is -0.135. The molecule has 1 amide bonds. The van der Waals surface area contributed by atoms with Crippen molar-refractivity contribution in [3.63, 3.8) is 0 Å². The van der Waals surface area contributed by atoms with E-state index in [0.29, 0.717) is 6.61 Å². The number of rotatable bonds is 2. The molecular weight excluding hydrogens is 240 g/mol. The van der Waals surface area contributed by atoms with E-state index in [1.165, 1.54) is 5.56 Å². The summed E-state index contributed by atoms with van der Waals surface area (Å²) in [5, 5.41) is 6.42. The van der Waals surface area contributed by atoms with Crippen LogP contribution in [0, 0.1) is 0 Å². The molecule has 0 aliphatic carbocycles. The lowest BCUT2D eigenvalue weighted by atomic mass is 9.95. The number of carbonyl (C=O) groups is 1. The Morgan fingerprint density at radius 2 is 2.32 bits per heavy atom. The monoisotopic (exact) mass is 260 g/mol. The predicted octanol–water partition coefficient (Wildman–Crippen LogP) is 1.17. The van der Waals surface area contributed by atoms with Gasteiger partial charge >= 0.3 is 0 Å². The van der Waals surface area contributed by atoms with Gasteiger partial charge in [0.25, 0.3) is 5.91 Å². The van der Waals surface area contributed by atoms with E-state index < -0.39 is 6.10 Å². The molecule has 102 valence electrons. The highest BCUT2D eigenvalue weighted by Crippen LogP contribution is 2.28. The fraction of sp³-hybridized carbons (Fsp3) is 0.533. The first-order valence-electron chi connectivity index (χ1n) is 6.90. The van der Waals surface area contributed by atoms with Crippen LogP contribution in [-0.4, -0.2) is 31.1 Å². The van der Waals surface area contributed by atoms with Crippen molar-refractivity contribution in [3.05, 3.63) is 35.4 Å². The summed E-state index contributed by atoms with van der Waals surface area (Å²) in [4.78, 5) is 12.5. The molecule has 0 radical (unpaired) electrons. The topological polar surface area (TPSA) is 50.4 Å². The Morgan fingerprint density at radius 3 is 3.11 bits per heavy atom.